The summed E-state index contributed by atoms with van der Waals surface area (Å²) in [6, 6.07) is 3.09. The molecule has 0 unspecified atom stereocenters. The molecule has 0 atom stereocenters. The van der Waals surface area contributed by atoms with Crippen LogP contribution in [0.15, 0.2) is 23.2 Å². The average molecular weight is 213 g/mol. The van der Waals surface area contributed by atoms with Crippen molar-refractivity contribution in [1.82, 2.24) is 9.71 Å². The van der Waals surface area contributed by atoms with Crippen molar-refractivity contribution in [2.75, 3.05) is 5.73 Å². The van der Waals surface area contributed by atoms with Crippen molar-refractivity contribution in [3.63, 3.8) is 0 Å². The first-order chi connectivity index (χ1) is 6.59. The molecule has 0 aromatic carbocycles. The van der Waals surface area contributed by atoms with E-state index < -0.39 is 10.0 Å². The molecule has 0 bridgehead atoms. The maximum atomic E-state index is 11.7. The van der Waals surface area contributed by atoms with Crippen LogP contribution in [-0.2, 0) is 10.0 Å². The van der Waals surface area contributed by atoms with Gasteiger partial charge < -0.3 is 5.73 Å². The molecule has 3 N–H and O–H groups in total. The number of sulfonamides is 1. The number of nitrogens with zero attached hydrogens (tertiary/aromatic N) is 1. The van der Waals surface area contributed by atoms with Gasteiger partial charge in [0.25, 0.3) is 0 Å². The van der Waals surface area contributed by atoms with Gasteiger partial charge in [-0.05, 0) is 25.0 Å². The predicted molar refractivity (Wildman–Crippen MR) is 52.0 cm³/mol. The maximum absolute atomic E-state index is 11.7. The van der Waals surface area contributed by atoms with Gasteiger partial charge in [0, 0.05) is 12.2 Å². The lowest BCUT2D eigenvalue weighted by molar-refractivity contribution is 0.581. The fourth-order valence-corrected chi connectivity index (χ4v) is 2.50. The molecular formula is C8H11N3O2S. The molecule has 14 heavy (non-hydrogen) atoms. The molecule has 0 saturated heterocycles. The topological polar surface area (TPSA) is 85.1 Å². The van der Waals surface area contributed by atoms with Crippen molar-refractivity contribution in [3.8, 4) is 0 Å². The minimum atomic E-state index is -3.47. The minimum absolute atomic E-state index is 0.0423. The van der Waals surface area contributed by atoms with E-state index in [9.17, 15) is 8.42 Å². The third-order valence-corrected chi connectivity index (χ3v) is 3.56. The van der Waals surface area contributed by atoms with Crippen molar-refractivity contribution < 1.29 is 8.42 Å². The maximum Gasteiger partial charge on any atom is 0.244 e. The first-order valence-electron chi connectivity index (χ1n) is 4.32. The smallest absolute Gasteiger partial charge is 0.244 e. The van der Waals surface area contributed by atoms with Crippen LogP contribution in [0.4, 0.5) is 5.82 Å². The largest absolute Gasteiger partial charge is 0.383 e. The highest BCUT2D eigenvalue weighted by Gasteiger charge is 2.29. The minimum Gasteiger partial charge on any atom is -0.383 e. The fraction of sp³-hybridized carbons (Fsp3) is 0.375. The molecule has 0 amide bonds. The molecule has 1 aliphatic carbocycles. The summed E-state index contributed by atoms with van der Waals surface area (Å²) in [5, 5.41) is 0. The highest BCUT2D eigenvalue weighted by atomic mass is 32.2. The molecule has 1 aromatic rings. The number of nitrogens with two attached hydrogens (primary N) is 1. The zero-order valence-electron chi connectivity index (χ0n) is 7.47. The van der Waals surface area contributed by atoms with Gasteiger partial charge in [-0.25, -0.2) is 18.1 Å². The van der Waals surface area contributed by atoms with Gasteiger partial charge in [0.1, 0.15) is 10.7 Å². The standard InChI is InChI=1S/C8H11N3O2S/c9-8-7(2-1-5-10-8)14(12,13)11-6-3-4-6/h1-2,5-6,11H,3-4H2,(H2,9,10). The van der Waals surface area contributed by atoms with Crippen LogP contribution >= 0.6 is 0 Å². The molecule has 0 aliphatic heterocycles. The van der Waals surface area contributed by atoms with E-state index in [0.29, 0.717) is 0 Å². The first-order valence-corrected chi connectivity index (χ1v) is 5.81. The van der Waals surface area contributed by atoms with E-state index in [1.54, 1.807) is 6.07 Å². The molecule has 5 nitrogen and oxygen atoms in total. The van der Waals surface area contributed by atoms with Gasteiger partial charge in [-0.15, -0.1) is 0 Å². The Balaban J connectivity index is 2.33. The van der Waals surface area contributed by atoms with Crippen LogP contribution in [0.1, 0.15) is 12.8 Å². The summed E-state index contributed by atoms with van der Waals surface area (Å²) in [6.45, 7) is 0. The van der Waals surface area contributed by atoms with E-state index in [0.717, 1.165) is 12.8 Å². The Morgan fingerprint density at radius 3 is 2.79 bits per heavy atom. The highest BCUT2D eigenvalue weighted by molar-refractivity contribution is 7.89. The van der Waals surface area contributed by atoms with Crippen LogP contribution in [-0.4, -0.2) is 19.4 Å². The lowest BCUT2D eigenvalue weighted by Crippen LogP contribution is -2.26. The summed E-state index contributed by atoms with van der Waals surface area (Å²) in [5.74, 6) is 0.0423. The van der Waals surface area contributed by atoms with Gasteiger partial charge in [0.2, 0.25) is 10.0 Å². The zero-order chi connectivity index (χ0) is 10.2. The lowest BCUT2D eigenvalue weighted by Gasteiger charge is -2.06. The second-order valence-corrected chi connectivity index (χ2v) is 4.96. The van der Waals surface area contributed by atoms with Crippen molar-refractivity contribution in [3.05, 3.63) is 18.3 Å². The molecule has 2 rings (SSSR count). The summed E-state index contributed by atoms with van der Waals surface area (Å²) in [5.41, 5.74) is 5.47. The number of nitrogen functional groups attached to an aromatic ring is 1. The van der Waals surface area contributed by atoms with Crippen LogP contribution < -0.4 is 10.5 Å². The predicted octanol–water partition coefficient (Wildman–Crippen LogP) is 0.104. The van der Waals surface area contributed by atoms with Crippen LogP contribution in [0.2, 0.25) is 0 Å². The molecule has 1 aliphatic rings. The Hall–Kier alpha value is -1.14. The number of aromatic nitrogens is 1. The van der Waals surface area contributed by atoms with Gasteiger partial charge in [0.05, 0.1) is 0 Å². The highest BCUT2D eigenvalue weighted by Crippen LogP contribution is 2.23. The van der Waals surface area contributed by atoms with Crippen molar-refractivity contribution in [2.24, 2.45) is 0 Å². The summed E-state index contributed by atoms with van der Waals surface area (Å²) >= 11 is 0. The Morgan fingerprint density at radius 1 is 1.50 bits per heavy atom. The van der Waals surface area contributed by atoms with E-state index in [1.165, 1.54) is 12.3 Å². The van der Waals surface area contributed by atoms with Crippen molar-refractivity contribution in [1.29, 1.82) is 0 Å². The van der Waals surface area contributed by atoms with Gasteiger partial charge in [-0.2, -0.15) is 0 Å². The van der Waals surface area contributed by atoms with Crippen LogP contribution in [0, 0.1) is 0 Å². The second-order valence-electron chi connectivity index (χ2n) is 3.28. The molecule has 1 saturated carbocycles. The van der Waals surface area contributed by atoms with E-state index in [-0.39, 0.29) is 16.8 Å². The number of anilines is 1. The quantitative estimate of drug-likeness (QED) is 0.746. The van der Waals surface area contributed by atoms with Crippen molar-refractivity contribution in [2.45, 2.75) is 23.8 Å². The third-order valence-electron chi connectivity index (χ3n) is 1.99. The molecule has 6 heteroatoms. The third kappa shape index (κ3) is 1.85. The van der Waals surface area contributed by atoms with Gasteiger partial charge in [-0.1, -0.05) is 0 Å². The molecule has 76 valence electrons. The average Bonchev–Trinajstić information content (AvgIpc) is 2.88. The number of pyridine rings is 1. The molecule has 1 aromatic heterocycles. The lowest BCUT2D eigenvalue weighted by atomic mass is 10.5. The first kappa shape index (κ1) is 9.42. The van der Waals surface area contributed by atoms with Crippen LogP contribution in [0.5, 0.6) is 0 Å². The Bertz CT molecular complexity index is 440. The van der Waals surface area contributed by atoms with Gasteiger partial charge in [-0.3, -0.25) is 0 Å². The second kappa shape index (κ2) is 3.21. The number of nitrogens with one attached hydrogen (secondary N) is 1. The Morgan fingerprint density at radius 2 is 2.21 bits per heavy atom. The fourth-order valence-electron chi connectivity index (χ4n) is 1.11. The Labute approximate surface area is 82.4 Å². The zero-order valence-corrected chi connectivity index (χ0v) is 8.29. The van der Waals surface area contributed by atoms with Gasteiger partial charge in [0.15, 0.2) is 0 Å². The SMILES string of the molecule is Nc1ncccc1S(=O)(=O)NC1CC1. The van der Waals surface area contributed by atoms with Crippen LogP contribution in [0.25, 0.3) is 0 Å². The normalized spacial score (nSPS) is 16.9. The van der Waals surface area contributed by atoms with E-state index in [1.807, 2.05) is 0 Å². The number of hydrogen-bond acceptors (Lipinski definition) is 4. The molecular weight excluding hydrogens is 202 g/mol. The Kier molecular flexibility index (Phi) is 2.16. The van der Waals surface area contributed by atoms with E-state index in [2.05, 4.69) is 9.71 Å². The van der Waals surface area contributed by atoms with Crippen LogP contribution in [0.3, 0.4) is 0 Å². The monoisotopic (exact) mass is 213 g/mol. The summed E-state index contributed by atoms with van der Waals surface area (Å²) in [6.07, 6.45) is 3.27. The molecule has 1 heterocycles. The molecule has 0 spiro atoms. The van der Waals surface area contributed by atoms with Crippen molar-refractivity contribution >= 4 is 15.8 Å². The summed E-state index contributed by atoms with van der Waals surface area (Å²) in [4.78, 5) is 3.79. The van der Waals surface area contributed by atoms with Gasteiger partial charge >= 0.3 is 0 Å². The van der Waals surface area contributed by atoms with E-state index >= 15 is 0 Å². The number of hydrogen-bond donors (Lipinski definition) is 2. The molecule has 0 radical (unpaired) electrons. The summed E-state index contributed by atoms with van der Waals surface area (Å²) < 4.78 is 25.9. The summed E-state index contributed by atoms with van der Waals surface area (Å²) in [7, 11) is -3.47. The van der Waals surface area contributed by atoms with E-state index in [4.69, 9.17) is 5.73 Å². The molecule has 1 fully saturated rings. The number of rotatable bonds is 3.